The van der Waals surface area contributed by atoms with Gasteiger partial charge in [-0.05, 0) is 30.5 Å². The van der Waals surface area contributed by atoms with E-state index in [2.05, 4.69) is 24.4 Å². The van der Waals surface area contributed by atoms with E-state index in [-0.39, 0.29) is 5.02 Å². The lowest BCUT2D eigenvalue weighted by atomic mass is 10.1. The van der Waals surface area contributed by atoms with Crippen LogP contribution in [0.2, 0.25) is 5.02 Å². The highest BCUT2D eigenvalue weighted by atomic mass is 35.5. The third-order valence-corrected chi connectivity index (χ3v) is 3.35. The van der Waals surface area contributed by atoms with Gasteiger partial charge in [-0.3, -0.25) is 0 Å². The molecule has 0 fully saturated rings. The summed E-state index contributed by atoms with van der Waals surface area (Å²) in [4.78, 5) is 0. The molecule has 2 aromatic rings. The molecule has 2 nitrogen and oxygen atoms in total. The van der Waals surface area contributed by atoms with E-state index in [1.165, 1.54) is 23.3 Å². The zero-order valence-electron chi connectivity index (χ0n) is 10.7. The summed E-state index contributed by atoms with van der Waals surface area (Å²) >= 11 is 5.65. The fourth-order valence-electron chi connectivity index (χ4n) is 1.94. The Hall–Kier alpha value is -1.74. The number of nitrogens with two attached hydrogens (primary N) is 1. The normalized spacial score (nSPS) is 10.5. The standard InChI is InChI=1S/C15H16ClFN2/c1-10-4-2-3-5-11(10)6-7-19-15-9-13(17)12(16)8-14(15)18/h2-5,8-9,19H,6-7,18H2,1H3. The summed E-state index contributed by atoms with van der Waals surface area (Å²) in [5, 5.41) is 3.18. The number of aryl methyl sites for hydroxylation is 1. The van der Waals surface area contributed by atoms with Crippen molar-refractivity contribution in [1.82, 2.24) is 0 Å². The highest BCUT2D eigenvalue weighted by Crippen LogP contribution is 2.26. The van der Waals surface area contributed by atoms with Crippen molar-refractivity contribution in [2.24, 2.45) is 0 Å². The van der Waals surface area contributed by atoms with Crippen LogP contribution < -0.4 is 11.1 Å². The summed E-state index contributed by atoms with van der Waals surface area (Å²) < 4.78 is 13.3. The van der Waals surface area contributed by atoms with Crippen LogP contribution >= 0.6 is 11.6 Å². The van der Waals surface area contributed by atoms with E-state index in [9.17, 15) is 4.39 Å². The van der Waals surface area contributed by atoms with Crippen molar-refractivity contribution in [3.63, 3.8) is 0 Å². The lowest BCUT2D eigenvalue weighted by molar-refractivity contribution is 0.629. The Bertz CT molecular complexity index is 584. The third kappa shape index (κ3) is 3.38. The first-order valence-electron chi connectivity index (χ1n) is 6.11. The largest absolute Gasteiger partial charge is 0.397 e. The minimum atomic E-state index is -0.464. The average molecular weight is 279 g/mol. The van der Waals surface area contributed by atoms with Crippen LogP contribution in [-0.2, 0) is 6.42 Å². The molecule has 0 aliphatic heterocycles. The fourth-order valence-corrected chi connectivity index (χ4v) is 2.11. The van der Waals surface area contributed by atoms with Gasteiger partial charge in [0, 0.05) is 12.6 Å². The van der Waals surface area contributed by atoms with Crippen LogP contribution in [0.1, 0.15) is 11.1 Å². The van der Waals surface area contributed by atoms with Crippen molar-refractivity contribution in [1.29, 1.82) is 0 Å². The first-order valence-corrected chi connectivity index (χ1v) is 6.48. The topological polar surface area (TPSA) is 38.0 Å². The van der Waals surface area contributed by atoms with Gasteiger partial charge in [-0.25, -0.2) is 4.39 Å². The van der Waals surface area contributed by atoms with Crippen molar-refractivity contribution in [3.05, 3.63) is 58.4 Å². The quantitative estimate of drug-likeness (QED) is 0.829. The Morgan fingerprint density at radius 2 is 2.00 bits per heavy atom. The smallest absolute Gasteiger partial charge is 0.143 e. The van der Waals surface area contributed by atoms with Gasteiger partial charge in [0.15, 0.2) is 0 Å². The number of nitrogens with one attached hydrogen (secondary N) is 1. The van der Waals surface area contributed by atoms with E-state index in [1.807, 2.05) is 12.1 Å². The molecule has 0 aromatic heterocycles. The number of anilines is 2. The van der Waals surface area contributed by atoms with Crippen molar-refractivity contribution in [2.45, 2.75) is 13.3 Å². The zero-order valence-corrected chi connectivity index (χ0v) is 11.5. The Morgan fingerprint density at radius 1 is 1.26 bits per heavy atom. The molecule has 0 saturated heterocycles. The maximum Gasteiger partial charge on any atom is 0.143 e. The lowest BCUT2D eigenvalue weighted by Crippen LogP contribution is -2.08. The lowest BCUT2D eigenvalue weighted by Gasteiger charge is -2.11. The predicted octanol–water partition coefficient (Wildman–Crippen LogP) is 4.02. The monoisotopic (exact) mass is 278 g/mol. The zero-order chi connectivity index (χ0) is 13.8. The van der Waals surface area contributed by atoms with E-state index in [1.54, 1.807) is 0 Å². The minimum absolute atomic E-state index is 0.0435. The molecule has 19 heavy (non-hydrogen) atoms. The highest BCUT2D eigenvalue weighted by molar-refractivity contribution is 6.31. The van der Waals surface area contributed by atoms with E-state index < -0.39 is 5.82 Å². The average Bonchev–Trinajstić information content (AvgIpc) is 2.38. The summed E-state index contributed by atoms with van der Waals surface area (Å²) in [6.07, 6.45) is 0.857. The fraction of sp³-hybridized carbons (Fsp3) is 0.200. The van der Waals surface area contributed by atoms with Crippen LogP contribution in [0.15, 0.2) is 36.4 Å². The van der Waals surface area contributed by atoms with Crippen molar-refractivity contribution in [2.75, 3.05) is 17.6 Å². The molecule has 0 atom stereocenters. The van der Waals surface area contributed by atoms with E-state index in [0.29, 0.717) is 17.9 Å². The molecule has 0 aliphatic carbocycles. The van der Waals surface area contributed by atoms with Gasteiger partial charge in [0.1, 0.15) is 5.82 Å². The number of hydrogen-bond donors (Lipinski definition) is 2. The molecule has 0 aliphatic rings. The first kappa shape index (κ1) is 13.7. The number of rotatable bonds is 4. The van der Waals surface area contributed by atoms with Gasteiger partial charge in [-0.15, -0.1) is 0 Å². The third-order valence-electron chi connectivity index (χ3n) is 3.06. The maximum absolute atomic E-state index is 13.3. The molecule has 2 aromatic carbocycles. The number of benzene rings is 2. The van der Waals surface area contributed by atoms with Gasteiger partial charge >= 0.3 is 0 Å². The maximum atomic E-state index is 13.3. The molecule has 4 heteroatoms. The van der Waals surface area contributed by atoms with Crippen LogP contribution in [0.25, 0.3) is 0 Å². The molecule has 0 saturated carbocycles. The molecule has 0 spiro atoms. The Labute approximate surface area is 117 Å². The van der Waals surface area contributed by atoms with Crippen molar-refractivity contribution in [3.8, 4) is 0 Å². The second kappa shape index (κ2) is 5.93. The summed E-state index contributed by atoms with van der Waals surface area (Å²) in [7, 11) is 0. The Kier molecular flexibility index (Phi) is 4.27. The molecule has 0 unspecified atom stereocenters. The molecule has 3 N–H and O–H groups in total. The van der Waals surface area contributed by atoms with Crippen LogP contribution in [-0.4, -0.2) is 6.54 Å². The molecule has 100 valence electrons. The van der Waals surface area contributed by atoms with Crippen molar-refractivity contribution >= 4 is 23.0 Å². The molecule has 2 rings (SSSR count). The van der Waals surface area contributed by atoms with E-state index >= 15 is 0 Å². The second-order valence-corrected chi connectivity index (χ2v) is 4.86. The molecule has 0 heterocycles. The molecule has 0 bridgehead atoms. The first-order chi connectivity index (χ1) is 9.08. The second-order valence-electron chi connectivity index (χ2n) is 4.46. The summed E-state index contributed by atoms with van der Waals surface area (Å²) in [6, 6.07) is 10.9. The van der Waals surface area contributed by atoms with Gasteiger partial charge in [0.25, 0.3) is 0 Å². The summed E-state index contributed by atoms with van der Waals surface area (Å²) in [5.74, 6) is -0.464. The minimum Gasteiger partial charge on any atom is -0.397 e. The number of halogens is 2. The van der Waals surface area contributed by atoms with Crippen LogP contribution in [0, 0.1) is 12.7 Å². The molecular formula is C15H16ClFN2. The molecule has 0 amide bonds. The van der Waals surface area contributed by atoms with Gasteiger partial charge in [-0.2, -0.15) is 0 Å². The van der Waals surface area contributed by atoms with Crippen LogP contribution in [0.5, 0.6) is 0 Å². The number of nitrogen functional groups attached to an aromatic ring is 1. The molecular weight excluding hydrogens is 263 g/mol. The highest BCUT2D eigenvalue weighted by Gasteiger charge is 2.06. The van der Waals surface area contributed by atoms with Gasteiger partial charge in [0.2, 0.25) is 0 Å². The molecule has 0 radical (unpaired) electrons. The van der Waals surface area contributed by atoms with E-state index in [4.69, 9.17) is 17.3 Å². The van der Waals surface area contributed by atoms with Crippen molar-refractivity contribution < 1.29 is 4.39 Å². The summed E-state index contributed by atoms with van der Waals surface area (Å²) in [5.41, 5.74) is 9.34. The van der Waals surface area contributed by atoms with Gasteiger partial charge in [0.05, 0.1) is 16.4 Å². The van der Waals surface area contributed by atoms with Gasteiger partial charge in [-0.1, -0.05) is 35.9 Å². The van der Waals surface area contributed by atoms with E-state index in [0.717, 1.165) is 6.42 Å². The number of hydrogen-bond acceptors (Lipinski definition) is 2. The Balaban J connectivity index is 2.00. The summed E-state index contributed by atoms with van der Waals surface area (Å²) in [6.45, 7) is 2.77. The van der Waals surface area contributed by atoms with Crippen LogP contribution in [0.3, 0.4) is 0 Å². The van der Waals surface area contributed by atoms with Gasteiger partial charge < -0.3 is 11.1 Å². The predicted molar refractivity (Wildman–Crippen MR) is 79.2 cm³/mol. The van der Waals surface area contributed by atoms with Crippen LogP contribution in [0.4, 0.5) is 15.8 Å². The SMILES string of the molecule is Cc1ccccc1CCNc1cc(F)c(Cl)cc1N. The Morgan fingerprint density at radius 3 is 2.74 bits per heavy atom.